The molecule has 2 unspecified atom stereocenters. The van der Waals surface area contributed by atoms with E-state index in [2.05, 4.69) is 11.8 Å². The molecule has 0 spiro atoms. The monoisotopic (exact) mass is 212 g/mol. The van der Waals surface area contributed by atoms with Crippen molar-refractivity contribution < 1.29 is 9.53 Å². The lowest BCUT2D eigenvalue weighted by Crippen LogP contribution is -2.42. The van der Waals surface area contributed by atoms with Crippen LogP contribution in [-0.4, -0.2) is 48.3 Å². The fourth-order valence-electron chi connectivity index (χ4n) is 2.74. The Labute approximate surface area is 91.2 Å². The number of fused-ring (bicyclic) bond motifs is 1. The van der Waals surface area contributed by atoms with Crippen LogP contribution in [0.4, 0.5) is 4.79 Å². The Bertz CT molecular complexity index is 267. The zero-order valence-corrected chi connectivity index (χ0v) is 9.82. The molecule has 2 aliphatic heterocycles. The highest BCUT2D eigenvalue weighted by Crippen LogP contribution is 2.42. The molecule has 2 heterocycles. The summed E-state index contributed by atoms with van der Waals surface area (Å²) in [5.41, 5.74) is 0.289. The first-order chi connectivity index (χ1) is 7.03. The van der Waals surface area contributed by atoms with Gasteiger partial charge in [-0.2, -0.15) is 0 Å². The van der Waals surface area contributed by atoms with E-state index in [1.165, 1.54) is 17.7 Å². The molecule has 0 radical (unpaired) electrons. The molecular weight excluding hydrogens is 192 g/mol. The van der Waals surface area contributed by atoms with E-state index in [1.54, 1.807) is 14.1 Å². The molecule has 15 heavy (non-hydrogen) atoms. The smallest absolute Gasteiger partial charge is 0.410 e. The van der Waals surface area contributed by atoms with Crippen molar-refractivity contribution in [1.82, 2.24) is 9.80 Å². The Morgan fingerprint density at radius 3 is 2.87 bits per heavy atom. The Hall–Kier alpha value is -0.770. The van der Waals surface area contributed by atoms with Gasteiger partial charge in [-0.1, -0.05) is 0 Å². The van der Waals surface area contributed by atoms with Gasteiger partial charge >= 0.3 is 6.09 Å². The molecule has 2 atom stereocenters. The van der Waals surface area contributed by atoms with Crippen molar-refractivity contribution in [2.75, 3.05) is 20.6 Å². The van der Waals surface area contributed by atoms with Crippen LogP contribution in [0.15, 0.2) is 0 Å². The first-order valence-electron chi connectivity index (χ1n) is 5.68. The van der Waals surface area contributed by atoms with Crippen molar-refractivity contribution >= 4 is 6.09 Å². The van der Waals surface area contributed by atoms with Gasteiger partial charge in [0.25, 0.3) is 0 Å². The summed E-state index contributed by atoms with van der Waals surface area (Å²) in [4.78, 5) is 15.3. The molecule has 0 bridgehead atoms. The number of nitrogens with zero attached hydrogens (tertiary/aromatic N) is 2. The van der Waals surface area contributed by atoms with Gasteiger partial charge in [0.15, 0.2) is 6.23 Å². The summed E-state index contributed by atoms with van der Waals surface area (Å²) >= 11 is 0. The molecule has 0 aromatic heterocycles. The van der Waals surface area contributed by atoms with Crippen molar-refractivity contribution in [2.24, 2.45) is 0 Å². The van der Waals surface area contributed by atoms with Crippen molar-refractivity contribution in [2.45, 2.75) is 44.4 Å². The number of hydrogen-bond acceptors (Lipinski definition) is 3. The van der Waals surface area contributed by atoms with Crippen LogP contribution in [0.3, 0.4) is 0 Å². The SMILES string of the molecule is CN(C)C(=O)OC1CCC2(C)CCCN12. The zero-order valence-electron chi connectivity index (χ0n) is 9.82. The van der Waals surface area contributed by atoms with E-state index in [-0.39, 0.29) is 17.9 Å². The number of carbonyl (C=O) groups excluding carboxylic acids is 1. The molecule has 2 rings (SSSR count). The average molecular weight is 212 g/mol. The van der Waals surface area contributed by atoms with Gasteiger partial charge < -0.3 is 9.64 Å². The molecule has 4 nitrogen and oxygen atoms in total. The summed E-state index contributed by atoms with van der Waals surface area (Å²) in [6.45, 7) is 3.35. The molecule has 0 saturated carbocycles. The second kappa shape index (κ2) is 3.67. The summed E-state index contributed by atoms with van der Waals surface area (Å²) in [6.07, 6.45) is 4.38. The van der Waals surface area contributed by atoms with Gasteiger partial charge in [0, 0.05) is 32.6 Å². The molecule has 0 aromatic carbocycles. The molecule has 1 amide bonds. The predicted octanol–water partition coefficient (Wildman–Crippen LogP) is 1.66. The van der Waals surface area contributed by atoms with Crippen LogP contribution in [0.2, 0.25) is 0 Å². The predicted molar refractivity (Wildman–Crippen MR) is 57.5 cm³/mol. The van der Waals surface area contributed by atoms with Crippen molar-refractivity contribution in [3.05, 3.63) is 0 Å². The highest BCUT2D eigenvalue weighted by atomic mass is 16.6. The van der Waals surface area contributed by atoms with Crippen LogP contribution in [0.1, 0.15) is 32.6 Å². The van der Waals surface area contributed by atoms with Crippen LogP contribution < -0.4 is 0 Å². The van der Waals surface area contributed by atoms with Gasteiger partial charge in [0.1, 0.15) is 0 Å². The lowest BCUT2D eigenvalue weighted by atomic mass is 9.97. The van der Waals surface area contributed by atoms with E-state index >= 15 is 0 Å². The minimum Gasteiger partial charge on any atom is -0.430 e. The largest absolute Gasteiger partial charge is 0.430 e. The maximum absolute atomic E-state index is 11.5. The van der Waals surface area contributed by atoms with Gasteiger partial charge in [-0.3, -0.25) is 4.90 Å². The van der Waals surface area contributed by atoms with Crippen LogP contribution >= 0.6 is 0 Å². The van der Waals surface area contributed by atoms with Crippen LogP contribution in [0, 0.1) is 0 Å². The summed E-state index contributed by atoms with van der Waals surface area (Å²) in [7, 11) is 3.45. The Morgan fingerprint density at radius 2 is 2.20 bits per heavy atom. The normalized spacial score (nSPS) is 35.3. The Morgan fingerprint density at radius 1 is 1.47 bits per heavy atom. The Kier molecular flexibility index (Phi) is 2.63. The number of hydrogen-bond donors (Lipinski definition) is 0. The molecule has 86 valence electrons. The fraction of sp³-hybridized carbons (Fsp3) is 0.909. The molecular formula is C11H20N2O2. The van der Waals surface area contributed by atoms with E-state index in [4.69, 9.17) is 4.74 Å². The molecule has 2 saturated heterocycles. The lowest BCUT2D eigenvalue weighted by Gasteiger charge is -2.31. The minimum absolute atomic E-state index is 0.00685. The summed E-state index contributed by atoms with van der Waals surface area (Å²) in [6, 6.07) is 0. The van der Waals surface area contributed by atoms with Gasteiger partial charge in [0.05, 0.1) is 0 Å². The summed E-state index contributed by atoms with van der Waals surface area (Å²) < 4.78 is 5.46. The summed E-state index contributed by atoms with van der Waals surface area (Å²) in [5.74, 6) is 0. The topological polar surface area (TPSA) is 32.8 Å². The van der Waals surface area contributed by atoms with Gasteiger partial charge in [-0.25, -0.2) is 4.79 Å². The van der Waals surface area contributed by atoms with E-state index in [1.807, 2.05) is 0 Å². The van der Waals surface area contributed by atoms with Crippen LogP contribution in [0.25, 0.3) is 0 Å². The molecule has 2 fully saturated rings. The van der Waals surface area contributed by atoms with E-state index in [0.717, 1.165) is 19.4 Å². The van der Waals surface area contributed by atoms with E-state index < -0.39 is 0 Å². The molecule has 4 heteroatoms. The van der Waals surface area contributed by atoms with Crippen molar-refractivity contribution in [1.29, 1.82) is 0 Å². The molecule has 0 aliphatic carbocycles. The van der Waals surface area contributed by atoms with Gasteiger partial charge in [0.2, 0.25) is 0 Å². The molecule has 0 aromatic rings. The second-order valence-electron chi connectivity index (χ2n) is 5.07. The van der Waals surface area contributed by atoms with Gasteiger partial charge in [-0.15, -0.1) is 0 Å². The lowest BCUT2D eigenvalue weighted by molar-refractivity contribution is -0.0172. The number of ether oxygens (including phenoxy) is 1. The zero-order chi connectivity index (χ0) is 11.1. The summed E-state index contributed by atoms with van der Waals surface area (Å²) in [5, 5.41) is 0. The third-order valence-electron chi connectivity index (χ3n) is 3.69. The van der Waals surface area contributed by atoms with E-state index in [9.17, 15) is 4.79 Å². The maximum atomic E-state index is 11.5. The van der Waals surface area contributed by atoms with Gasteiger partial charge in [-0.05, 0) is 26.2 Å². The fourth-order valence-corrected chi connectivity index (χ4v) is 2.74. The van der Waals surface area contributed by atoms with Crippen LogP contribution in [-0.2, 0) is 4.74 Å². The first-order valence-corrected chi connectivity index (χ1v) is 5.68. The maximum Gasteiger partial charge on any atom is 0.410 e. The van der Waals surface area contributed by atoms with Crippen molar-refractivity contribution in [3.8, 4) is 0 Å². The minimum atomic E-state index is -0.226. The van der Waals surface area contributed by atoms with Crippen molar-refractivity contribution in [3.63, 3.8) is 0 Å². The average Bonchev–Trinajstić information content (AvgIpc) is 2.65. The quantitative estimate of drug-likeness (QED) is 0.662. The number of carbonyl (C=O) groups is 1. The Balaban J connectivity index is 1.98. The highest BCUT2D eigenvalue weighted by Gasteiger charge is 2.47. The van der Waals surface area contributed by atoms with E-state index in [0.29, 0.717) is 0 Å². The third kappa shape index (κ3) is 1.83. The highest BCUT2D eigenvalue weighted by molar-refractivity contribution is 5.67. The number of rotatable bonds is 1. The third-order valence-corrected chi connectivity index (χ3v) is 3.69. The second-order valence-corrected chi connectivity index (χ2v) is 5.07. The standard InChI is InChI=1S/C11H20N2O2/c1-11-6-4-8-13(11)9(5-7-11)15-10(14)12(2)3/h9H,4-8H2,1-3H3. The molecule has 0 N–H and O–H groups in total. The molecule has 2 aliphatic rings. The number of amides is 1. The first kappa shape index (κ1) is 10.7. The van der Waals surface area contributed by atoms with Crippen LogP contribution in [0.5, 0.6) is 0 Å².